The van der Waals surface area contributed by atoms with E-state index in [1.807, 2.05) is 55.5 Å². The molecule has 1 aliphatic carbocycles. The summed E-state index contributed by atoms with van der Waals surface area (Å²) in [6.07, 6.45) is 4.81. The summed E-state index contributed by atoms with van der Waals surface area (Å²) in [5.41, 5.74) is 3.01. The molecule has 31 heavy (non-hydrogen) atoms. The highest BCUT2D eigenvalue weighted by Gasteiger charge is 2.22. The van der Waals surface area contributed by atoms with Crippen LogP contribution in [0.1, 0.15) is 37.1 Å². The molecule has 0 atom stereocenters. The molecule has 1 fully saturated rings. The molecule has 1 saturated carbocycles. The van der Waals surface area contributed by atoms with Gasteiger partial charge in [-0.25, -0.2) is 23.1 Å². The first-order valence-electron chi connectivity index (χ1n) is 10.8. The molecule has 6 nitrogen and oxygen atoms in total. The minimum Gasteiger partial charge on any atom is -0.370 e. The lowest BCUT2D eigenvalue weighted by atomic mass is 10.1. The summed E-state index contributed by atoms with van der Waals surface area (Å²) in [7, 11) is -3.44. The molecule has 1 aromatic heterocycles. The number of nitrogens with zero attached hydrogens (tertiary/aromatic N) is 2. The van der Waals surface area contributed by atoms with Crippen LogP contribution in [0.4, 0.5) is 5.82 Å². The summed E-state index contributed by atoms with van der Waals surface area (Å²) in [6, 6.07) is 19.2. The third kappa shape index (κ3) is 5.68. The fourth-order valence-corrected chi connectivity index (χ4v) is 5.22. The Hall–Kier alpha value is -2.77. The van der Waals surface area contributed by atoms with Crippen molar-refractivity contribution in [3.8, 4) is 11.3 Å². The first-order valence-corrected chi connectivity index (χ1v) is 12.2. The molecular formula is C24H28N4O2S. The predicted molar refractivity (Wildman–Crippen MR) is 123 cm³/mol. The molecule has 0 saturated heterocycles. The van der Waals surface area contributed by atoms with Gasteiger partial charge in [-0.05, 0) is 43.9 Å². The van der Waals surface area contributed by atoms with E-state index in [1.165, 1.54) is 0 Å². The molecule has 0 bridgehead atoms. The predicted octanol–water partition coefficient (Wildman–Crippen LogP) is 4.33. The SMILES string of the molecule is Cc1nc(NCCc2ccc(S(=O)(=O)NC3CCCC3)cc2)cc(-c2ccccc2)n1. The summed E-state index contributed by atoms with van der Waals surface area (Å²) in [5, 5.41) is 3.36. The van der Waals surface area contributed by atoms with Crippen LogP contribution in [0.15, 0.2) is 65.6 Å². The Morgan fingerprint density at radius 2 is 1.68 bits per heavy atom. The molecule has 162 valence electrons. The first kappa shape index (κ1) is 21.5. The lowest BCUT2D eigenvalue weighted by Crippen LogP contribution is -2.32. The summed E-state index contributed by atoms with van der Waals surface area (Å²) < 4.78 is 27.9. The minimum atomic E-state index is -3.44. The van der Waals surface area contributed by atoms with Crippen molar-refractivity contribution in [1.82, 2.24) is 14.7 Å². The van der Waals surface area contributed by atoms with E-state index in [2.05, 4.69) is 20.0 Å². The number of hydrogen-bond acceptors (Lipinski definition) is 5. The molecule has 2 aromatic carbocycles. The van der Waals surface area contributed by atoms with Gasteiger partial charge in [-0.2, -0.15) is 0 Å². The van der Waals surface area contributed by atoms with Gasteiger partial charge >= 0.3 is 0 Å². The molecule has 0 radical (unpaired) electrons. The Morgan fingerprint density at radius 3 is 2.39 bits per heavy atom. The number of rotatable bonds is 8. The van der Waals surface area contributed by atoms with Crippen molar-refractivity contribution < 1.29 is 8.42 Å². The number of anilines is 1. The number of nitrogens with one attached hydrogen (secondary N) is 2. The average molecular weight is 437 g/mol. The molecule has 4 rings (SSSR count). The van der Waals surface area contributed by atoms with E-state index in [-0.39, 0.29) is 6.04 Å². The Balaban J connectivity index is 1.35. The maximum Gasteiger partial charge on any atom is 0.240 e. The molecular weight excluding hydrogens is 408 g/mol. The van der Waals surface area contributed by atoms with Crippen molar-refractivity contribution >= 4 is 15.8 Å². The largest absolute Gasteiger partial charge is 0.370 e. The highest BCUT2D eigenvalue weighted by Crippen LogP contribution is 2.21. The van der Waals surface area contributed by atoms with Crippen LogP contribution in [-0.4, -0.2) is 31.0 Å². The summed E-state index contributed by atoms with van der Waals surface area (Å²) >= 11 is 0. The molecule has 2 N–H and O–H groups in total. The normalized spacial score (nSPS) is 14.6. The minimum absolute atomic E-state index is 0.0750. The van der Waals surface area contributed by atoms with Crippen molar-refractivity contribution in [3.05, 3.63) is 72.1 Å². The average Bonchev–Trinajstić information content (AvgIpc) is 3.27. The maximum atomic E-state index is 12.5. The van der Waals surface area contributed by atoms with Crippen LogP contribution in [0.3, 0.4) is 0 Å². The number of benzene rings is 2. The van der Waals surface area contributed by atoms with Crippen LogP contribution in [0.25, 0.3) is 11.3 Å². The van der Waals surface area contributed by atoms with Crippen molar-refractivity contribution in [2.75, 3.05) is 11.9 Å². The fourth-order valence-electron chi connectivity index (χ4n) is 3.92. The lowest BCUT2D eigenvalue weighted by molar-refractivity contribution is 0.552. The molecule has 0 amide bonds. The van der Waals surface area contributed by atoms with E-state index in [0.29, 0.717) is 17.3 Å². The van der Waals surface area contributed by atoms with Crippen LogP contribution in [0.2, 0.25) is 0 Å². The van der Waals surface area contributed by atoms with Crippen molar-refractivity contribution in [3.63, 3.8) is 0 Å². The Bertz CT molecular complexity index is 1110. The molecule has 7 heteroatoms. The van der Waals surface area contributed by atoms with E-state index >= 15 is 0 Å². The van der Waals surface area contributed by atoms with Crippen molar-refractivity contribution in [1.29, 1.82) is 0 Å². The zero-order valence-electron chi connectivity index (χ0n) is 17.7. The van der Waals surface area contributed by atoms with E-state index < -0.39 is 10.0 Å². The van der Waals surface area contributed by atoms with Gasteiger partial charge in [-0.1, -0.05) is 55.3 Å². The quantitative estimate of drug-likeness (QED) is 0.549. The summed E-state index contributed by atoms with van der Waals surface area (Å²) in [4.78, 5) is 9.33. The monoisotopic (exact) mass is 436 g/mol. The van der Waals surface area contributed by atoms with Gasteiger partial charge in [-0.15, -0.1) is 0 Å². The second-order valence-electron chi connectivity index (χ2n) is 7.98. The topological polar surface area (TPSA) is 84.0 Å². The lowest BCUT2D eigenvalue weighted by Gasteiger charge is -2.13. The van der Waals surface area contributed by atoms with Crippen LogP contribution in [-0.2, 0) is 16.4 Å². The van der Waals surface area contributed by atoms with Gasteiger partial charge in [0.2, 0.25) is 10.0 Å². The van der Waals surface area contributed by atoms with Crippen LogP contribution >= 0.6 is 0 Å². The van der Waals surface area contributed by atoms with Gasteiger partial charge < -0.3 is 5.32 Å². The number of sulfonamides is 1. The second kappa shape index (κ2) is 9.58. The highest BCUT2D eigenvalue weighted by molar-refractivity contribution is 7.89. The van der Waals surface area contributed by atoms with Gasteiger partial charge in [0.05, 0.1) is 10.6 Å². The van der Waals surface area contributed by atoms with Crippen LogP contribution in [0.5, 0.6) is 0 Å². The smallest absolute Gasteiger partial charge is 0.240 e. The number of aryl methyl sites for hydroxylation is 1. The van der Waals surface area contributed by atoms with Gasteiger partial charge in [0.1, 0.15) is 11.6 Å². The molecule has 1 aliphatic rings. The molecule has 0 unspecified atom stereocenters. The Labute approximate surface area is 184 Å². The van der Waals surface area contributed by atoms with E-state index in [0.717, 1.165) is 54.7 Å². The van der Waals surface area contributed by atoms with Crippen molar-refractivity contribution in [2.45, 2.75) is 50.0 Å². The summed E-state index contributed by atoms with van der Waals surface area (Å²) in [5.74, 6) is 1.50. The zero-order chi connectivity index (χ0) is 21.7. The third-order valence-electron chi connectivity index (χ3n) is 5.54. The molecule has 0 aliphatic heterocycles. The fraction of sp³-hybridized carbons (Fsp3) is 0.333. The molecule has 3 aromatic rings. The van der Waals surface area contributed by atoms with E-state index in [9.17, 15) is 8.42 Å². The van der Waals surface area contributed by atoms with Crippen LogP contribution < -0.4 is 10.0 Å². The van der Waals surface area contributed by atoms with Gasteiger partial charge in [0, 0.05) is 24.2 Å². The zero-order valence-corrected chi connectivity index (χ0v) is 18.5. The molecule has 0 spiro atoms. The Kier molecular flexibility index (Phi) is 6.63. The van der Waals surface area contributed by atoms with E-state index in [1.54, 1.807) is 12.1 Å². The standard InChI is InChI=1S/C24H28N4O2S/c1-18-26-23(20-7-3-2-4-8-20)17-24(27-18)25-16-15-19-11-13-22(14-12-19)31(29,30)28-21-9-5-6-10-21/h2-4,7-8,11-14,17,21,28H,5-6,9-10,15-16H2,1H3,(H,25,26,27). The van der Waals surface area contributed by atoms with Gasteiger partial charge in [-0.3, -0.25) is 0 Å². The van der Waals surface area contributed by atoms with Crippen molar-refractivity contribution in [2.24, 2.45) is 0 Å². The van der Waals surface area contributed by atoms with E-state index in [4.69, 9.17) is 0 Å². The third-order valence-corrected chi connectivity index (χ3v) is 7.07. The summed E-state index contributed by atoms with van der Waals surface area (Å²) in [6.45, 7) is 2.58. The highest BCUT2D eigenvalue weighted by atomic mass is 32.2. The first-order chi connectivity index (χ1) is 15.0. The maximum absolute atomic E-state index is 12.5. The van der Waals surface area contributed by atoms with Gasteiger partial charge in [0.25, 0.3) is 0 Å². The van der Waals surface area contributed by atoms with Gasteiger partial charge in [0.15, 0.2) is 0 Å². The van der Waals surface area contributed by atoms with Crippen LogP contribution in [0, 0.1) is 6.92 Å². The number of aromatic nitrogens is 2. The Morgan fingerprint density at radius 1 is 0.968 bits per heavy atom. The molecule has 1 heterocycles. The number of hydrogen-bond donors (Lipinski definition) is 2. The second-order valence-corrected chi connectivity index (χ2v) is 9.69.